The van der Waals surface area contributed by atoms with Crippen molar-refractivity contribution in [2.45, 2.75) is 93.7 Å². The first-order valence-corrected chi connectivity index (χ1v) is 19.3. The van der Waals surface area contributed by atoms with Gasteiger partial charge in [-0.15, -0.1) is 0 Å². The summed E-state index contributed by atoms with van der Waals surface area (Å²) in [6.45, 7) is 5.85. The third-order valence-corrected chi connectivity index (χ3v) is 13.1. The second-order valence-electron chi connectivity index (χ2n) is 14.0. The summed E-state index contributed by atoms with van der Waals surface area (Å²) in [6.07, 6.45) is 7.40. The Bertz CT molecular complexity index is 1960. The predicted molar refractivity (Wildman–Crippen MR) is 191 cm³/mol. The third kappa shape index (κ3) is 6.51. The van der Waals surface area contributed by atoms with E-state index in [4.69, 9.17) is 16.6 Å². The number of fused-ring (bicyclic) bond motifs is 3. The number of nitrogens with zero attached hydrogens (tertiary/aromatic N) is 4. The number of amides is 2. The van der Waals surface area contributed by atoms with E-state index in [0.717, 1.165) is 50.0 Å². The topological polar surface area (TPSA) is 105 Å². The molecule has 11 heteroatoms. The summed E-state index contributed by atoms with van der Waals surface area (Å²) in [5.41, 5.74) is 3.80. The van der Waals surface area contributed by atoms with E-state index in [2.05, 4.69) is 71.0 Å². The van der Waals surface area contributed by atoms with Gasteiger partial charge in [-0.3, -0.25) is 14.5 Å². The molecule has 3 aliphatic rings. The molecule has 0 radical (unpaired) electrons. The molecule has 7 rings (SSSR count). The van der Waals surface area contributed by atoms with Gasteiger partial charge in [-0.05, 0) is 99.7 Å². The Hall–Kier alpha value is -3.73. The summed E-state index contributed by atoms with van der Waals surface area (Å²) in [5.74, 6) is 0.225. The highest BCUT2D eigenvalue weighted by molar-refractivity contribution is 7.90. The molecule has 3 atom stereocenters. The van der Waals surface area contributed by atoms with Gasteiger partial charge in [0.15, 0.2) is 0 Å². The smallest absolute Gasteiger partial charge is 0.265 e. The summed E-state index contributed by atoms with van der Waals surface area (Å²) in [4.78, 5) is 34.8. The Labute approximate surface area is 293 Å². The van der Waals surface area contributed by atoms with Gasteiger partial charge in [0.05, 0.1) is 16.1 Å². The summed E-state index contributed by atoms with van der Waals surface area (Å²) in [7, 11) is -4.21. The number of rotatable bonds is 9. The molecule has 4 aromatic rings. The lowest BCUT2D eigenvalue weighted by atomic mass is 9.70. The fourth-order valence-electron chi connectivity index (χ4n) is 8.70. The normalized spacial score (nSPS) is 22.3. The highest BCUT2D eigenvalue weighted by Crippen LogP contribution is 2.45. The maximum atomic E-state index is 13.7. The monoisotopic (exact) mass is 701 g/mol. The number of carbonyl (C=O) groups excluding carboxylic acids is 2. The van der Waals surface area contributed by atoms with E-state index in [1.807, 2.05) is 9.62 Å². The molecular formula is C38H44ClN5O4S. The fourth-order valence-corrected chi connectivity index (χ4v) is 10.3. The Morgan fingerprint density at radius 3 is 2.31 bits per heavy atom. The van der Waals surface area contributed by atoms with Crippen LogP contribution in [-0.2, 0) is 20.2 Å². The van der Waals surface area contributed by atoms with Crippen LogP contribution in [-0.4, -0.2) is 71.3 Å². The SMILES string of the molecule is CCC(=O)NS(=O)(=O)c1cc(C(=O)N2CCC(CCN3[C@@H]4CC[C@H]3CC(n3c(C)nc5ccccc53)C4)(c3ccccc3)CC2)ccc1Cl. The number of piperidine rings is 2. The van der Waals surface area contributed by atoms with Crippen LogP contribution >= 0.6 is 11.6 Å². The van der Waals surface area contributed by atoms with Crippen LogP contribution in [0.5, 0.6) is 0 Å². The zero-order valence-electron chi connectivity index (χ0n) is 28.1. The molecule has 4 heterocycles. The van der Waals surface area contributed by atoms with Crippen molar-refractivity contribution < 1.29 is 18.0 Å². The standard InChI is InChI=1S/C38H44ClN5O4S/c1-3-36(45)41-49(47,48)35-23-27(13-16-32(35)39)37(46)42-20-17-38(18-21-42,28-9-5-4-6-10-28)19-22-43-29-14-15-30(43)25-31(24-29)44-26(2)40-33-11-7-8-12-34(33)44/h4-13,16,23,29-31H,3,14-15,17-22,24-25H2,1-2H3,(H,41,45)/t29-,30+,31?. The highest BCUT2D eigenvalue weighted by Gasteiger charge is 2.44. The molecule has 2 bridgehead atoms. The summed E-state index contributed by atoms with van der Waals surface area (Å²) >= 11 is 6.23. The van der Waals surface area contributed by atoms with Crippen LogP contribution in [0.3, 0.4) is 0 Å². The number of hydrogen-bond acceptors (Lipinski definition) is 6. The van der Waals surface area contributed by atoms with Crippen LogP contribution in [0.2, 0.25) is 5.02 Å². The molecule has 3 saturated heterocycles. The van der Waals surface area contributed by atoms with E-state index < -0.39 is 15.9 Å². The van der Waals surface area contributed by atoms with Gasteiger partial charge < -0.3 is 9.47 Å². The van der Waals surface area contributed by atoms with Crippen molar-refractivity contribution in [2.24, 2.45) is 0 Å². The first-order valence-electron chi connectivity index (χ1n) is 17.5. The number of imidazole rings is 1. The summed E-state index contributed by atoms with van der Waals surface area (Å²) in [6, 6.07) is 25.0. The number of carbonyl (C=O) groups is 2. The Morgan fingerprint density at radius 1 is 0.939 bits per heavy atom. The predicted octanol–water partition coefficient (Wildman–Crippen LogP) is 6.65. The van der Waals surface area contributed by atoms with Gasteiger partial charge in [-0.25, -0.2) is 18.1 Å². The van der Waals surface area contributed by atoms with Gasteiger partial charge in [-0.2, -0.15) is 0 Å². The van der Waals surface area contributed by atoms with Gasteiger partial charge in [-0.1, -0.05) is 61.0 Å². The van der Waals surface area contributed by atoms with Crippen LogP contribution in [0.15, 0.2) is 77.7 Å². The van der Waals surface area contributed by atoms with E-state index in [0.29, 0.717) is 31.2 Å². The second kappa shape index (κ2) is 13.5. The molecule has 0 saturated carbocycles. The molecule has 3 aliphatic heterocycles. The van der Waals surface area contributed by atoms with Crippen LogP contribution in [0.1, 0.15) is 86.1 Å². The molecule has 9 nitrogen and oxygen atoms in total. The Morgan fingerprint density at radius 2 is 1.61 bits per heavy atom. The average molecular weight is 702 g/mol. The molecule has 1 N–H and O–H groups in total. The van der Waals surface area contributed by atoms with Crippen molar-refractivity contribution in [2.75, 3.05) is 19.6 Å². The van der Waals surface area contributed by atoms with Crippen LogP contribution < -0.4 is 4.72 Å². The van der Waals surface area contributed by atoms with E-state index in [9.17, 15) is 18.0 Å². The number of aromatic nitrogens is 2. The third-order valence-electron chi connectivity index (χ3n) is 11.3. The number of aryl methyl sites for hydroxylation is 1. The van der Waals surface area contributed by atoms with Crippen LogP contribution in [0.4, 0.5) is 0 Å². The van der Waals surface area contributed by atoms with Crippen molar-refractivity contribution in [1.82, 2.24) is 24.1 Å². The largest absolute Gasteiger partial charge is 0.339 e. The minimum Gasteiger partial charge on any atom is -0.339 e. The number of halogens is 1. The van der Waals surface area contributed by atoms with Gasteiger partial charge in [0.25, 0.3) is 15.9 Å². The zero-order valence-corrected chi connectivity index (χ0v) is 29.7. The summed E-state index contributed by atoms with van der Waals surface area (Å²) < 4.78 is 30.2. The lowest BCUT2D eigenvalue weighted by Gasteiger charge is -2.45. The molecule has 0 aliphatic carbocycles. The molecule has 3 fully saturated rings. The lowest BCUT2D eigenvalue weighted by Crippen LogP contribution is -2.49. The van der Waals surface area contributed by atoms with Crippen molar-refractivity contribution in [3.8, 4) is 0 Å². The van der Waals surface area contributed by atoms with Gasteiger partial charge in [0.2, 0.25) is 5.91 Å². The number of sulfonamides is 1. The van der Waals surface area contributed by atoms with Gasteiger partial charge in [0.1, 0.15) is 10.7 Å². The van der Waals surface area contributed by atoms with E-state index in [-0.39, 0.29) is 33.2 Å². The second-order valence-corrected chi connectivity index (χ2v) is 16.0. The maximum absolute atomic E-state index is 13.7. The minimum absolute atomic E-state index is 0.00857. The van der Waals surface area contributed by atoms with Gasteiger partial charge in [0, 0.05) is 43.2 Å². The number of hydrogen-bond donors (Lipinski definition) is 1. The number of likely N-dealkylation sites (tertiary alicyclic amines) is 1. The average Bonchev–Trinajstić information content (AvgIpc) is 3.57. The summed E-state index contributed by atoms with van der Waals surface area (Å²) in [5, 5.41) is -0.0406. The molecule has 2 amide bonds. The lowest BCUT2D eigenvalue weighted by molar-refractivity contribution is -0.119. The van der Waals surface area contributed by atoms with Crippen molar-refractivity contribution >= 4 is 44.5 Å². The first kappa shape index (κ1) is 33.8. The zero-order chi connectivity index (χ0) is 34.3. The van der Waals surface area contributed by atoms with Crippen LogP contribution in [0, 0.1) is 6.92 Å². The molecular weight excluding hydrogens is 658 g/mol. The maximum Gasteiger partial charge on any atom is 0.265 e. The fraction of sp³-hybridized carbons (Fsp3) is 0.447. The Balaban J connectivity index is 1.05. The van der Waals surface area contributed by atoms with E-state index in [1.54, 1.807) is 13.0 Å². The Kier molecular flexibility index (Phi) is 9.32. The van der Waals surface area contributed by atoms with E-state index in [1.165, 1.54) is 36.1 Å². The van der Waals surface area contributed by atoms with Crippen molar-refractivity contribution in [1.29, 1.82) is 0 Å². The molecule has 3 aromatic carbocycles. The first-order chi connectivity index (χ1) is 23.6. The highest BCUT2D eigenvalue weighted by atomic mass is 35.5. The van der Waals surface area contributed by atoms with E-state index >= 15 is 0 Å². The van der Waals surface area contributed by atoms with Gasteiger partial charge >= 0.3 is 0 Å². The molecule has 1 unspecified atom stereocenters. The molecule has 49 heavy (non-hydrogen) atoms. The van der Waals surface area contributed by atoms with Crippen LogP contribution in [0.25, 0.3) is 11.0 Å². The van der Waals surface area contributed by atoms with Crippen molar-refractivity contribution in [3.63, 3.8) is 0 Å². The molecule has 0 spiro atoms. The number of benzene rings is 3. The molecule has 258 valence electrons. The molecule has 1 aromatic heterocycles. The number of para-hydroxylation sites is 2. The quantitative estimate of drug-likeness (QED) is 0.210. The minimum atomic E-state index is -4.21. The number of nitrogens with one attached hydrogen (secondary N) is 1. The van der Waals surface area contributed by atoms with Crippen molar-refractivity contribution in [3.05, 3.63) is 94.8 Å².